The van der Waals surface area contributed by atoms with Gasteiger partial charge in [0.2, 0.25) is 0 Å². The maximum Gasteiger partial charge on any atom is 0.270 e. The number of carbonyl (C=O) groups excluding carboxylic acids is 1. The third-order valence-electron chi connectivity index (χ3n) is 8.21. The van der Waals surface area contributed by atoms with Crippen LogP contribution in [0, 0.1) is 10.1 Å². The van der Waals surface area contributed by atoms with Crippen LogP contribution in [0.25, 0.3) is 5.69 Å². The molecule has 0 radical (unpaired) electrons. The average Bonchev–Trinajstić information content (AvgIpc) is 3.59. The van der Waals surface area contributed by atoms with Gasteiger partial charge in [-0.2, -0.15) is 0 Å². The van der Waals surface area contributed by atoms with Crippen LogP contribution in [0.15, 0.2) is 91.1 Å². The Morgan fingerprint density at radius 3 is 2.43 bits per heavy atom. The number of para-hydroxylation sites is 2. The van der Waals surface area contributed by atoms with Crippen molar-refractivity contribution >= 4 is 23.0 Å². The number of carbonyl (C=O) groups is 1. The highest BCUT2D eigenvalue weighted by Gasteiger charge is 2.19. The van der Waals surface area contributed by atoms with Crippen molar-refractivity contribution in [3.8, 4) is 17.2 Å². The Kier molecular flexibility index (Phi) is 9.39. The summed E-state index contributed by atoms with van der Waals surface area (Å²) in [5, 5.41) is 25.8. The zero-order valence-electron chi connectivity index (χ0n) is 26.2. The van der Waals surface area contributed by atoms with Crippen LogP contribution >= 0.6 is 0 Å². The van der Waals surface area contributed by atoms with E-state index < -0.39 is 10.8 Å². The van der Waals surface area contributed by atoms with E-state index in [4.69, 9.17) is 9.47 Å². The number of rotatable bonds is 12. The quantitative estimate of drug-likeness (QED) is 0.132. The summed E-state index contributed by atoms with van der Waals surface area (Å²) in [6.45, 7) is 3.22. The molecule has 1 aliphatic rings. The van der Waals surface area contributed by atoms with Crippen LogP contribution in [0.3, 0.4) is 0 Å². The standard InChI is InChI=1S/C35H35N7O5/c1-46-33-19-25-15-17-40(22-27(25)20-34(33)47-2)16-14-24-10-12-29(13-11-24)41-23-28(38-39-41)21-36-31-8-3-4-9-32(31)37-35(43)26-6-5-7-30(18-26)42(44)45/h3-13,18-20,23,36H,14-17,21-22H2,1-2H3,(H,37,43). The molecule has 1 aromatic heterocycles. The lowest BCUT2D eigenvalue weighted by Gasteiger charge is -2.29. The maximum atomic E-state index is 12.8. The van der Waals surface area contributed by atoms with Gasteiger partial charge in [-0.05, 0) is 72.0 Å². The molecule has 12 heteroatoms. The molecule has 0 atom stereocenters. The van der Waals surface area contributed by atoms with Gasteiger partial charge in [-0.3, -0.25) is 19.8 Å². The smallest absolute Gasteiger partial charge is 0.270 e. The molecule has 1 amide bonds. The van der Waals surface area contributed by atoms with Crippen molar-refractivity contribution in [2.45, 2.75) is 25.9 Å². The lowest BCUT2D eigenvalue weighted by atomic mass is 9.98. The van der Waals surface area contributed by atoms with Crippen molar-refractivity contribution < 1.29 is 19.2 Å². The SMILES string of the molecule is COc1cc2c(cc1OC)CN(CCc1ccc(-n3cc(CNc4ccccc4NC(=O)c4cccc([N+](=O)[O-])c4)nn3)cc1)CC2. The predicted molar refractivity (Wildman–Crippen MR) is 178 cm³/mol. The van der Waals surface area contributed by atoms with Gasteiger partial charge in [0.05, 0.1) is 48.9 Å². The molecule has 240 valence electrons. The van der Waals surface area contributed by atoms with Crippen LogP contribution in [0.5, 0.6) is 11.5 Å². The number of nitrogens with zero attached hydrogens (tertiary/aromatic N) is 5. The third-order valence-corrected chi connectivity index (χ3v) is 8.21. The van der Waals surface area contributed by atoms with Crippen LogP contribution in [0.4, 0.5) is 17.1 Å². The summed E-state index contributed by atoms with van der Waals surface area (Å²) >= 11 is 0. The van der Waals surface area contributed by atoms with E-state index in [1.165, 1.54) is 41.0 Å². The first-order chi connectivity index (χ1) is 22.9. The zero-order chi connectivity index (χ0) is 32.8. The summed E-state index contributed by atoms with van der Waals surface area (Å²) in [7, 11) is 3.34. The molecule has 6 rings (SSSR count). The molecular weight excluding hydrogens is 598 g/mol. The molecule has 0 spiro atoms. The van der Waals surface area contributed by atoms with Gasteiger partial charge < -0.3 is 20.1 Å². The molecule has 0 aliphatic carbocycles. The fourth-order valence-corrected chi connectivity index (χ4v) is 5.63. The second kappa shape index (κ2) is 14.1. The number of fused-ring (bicyclic) bond motifs is 1. The highest BCUT2D eigenvalue weighted by Crippen LogP contribution is 2.33. The third kappa shape index (κ3) is 7.39. The Hall–Kier alpha value is -5.75. The van der Waals surface area contributed by atoms with Crippen LogP contribution < -0.4 is 20.1 Å². The minimum absolute atomic E-state index is 0.144. The number of aromatic nitrogens is 3. The topological polar surface area (TPSA) is 137 Å². The van der Waals surface area contributed by atoms with E-state index in [9.17, 15) is 14.9 Å². The highest BCUT2D eigenvalue weighted by molar-refractivity contribution is 6.06. The lowest BCUT2D eigenvalue weighted by molar-refractivity contribution is -0.384. The van der Waals surface area contributed by atoms with Crippen molar-refractivity contribution in [3.05, 3.63) is 129 Å². The summed E-state index contributed by atoms with van der Waals surface area (Å²) in [5.41, 5.74) is 6.75. The van der Waals surface area contributed by atoms with Gasteiger partial charge >= 0.3 is 0 Å². The molecule has 1 aliphatic heterocycles. The van der Waals surface area contributed by atoms with Gasteiger partial charge in [0.15, 0.2) is 11.5 Å². The van der Waals surface area contributed by atoms with Crippen molar-refractivity contribution in [2.24, 2.45) is 0 Å². The first-order valence-electron chi connectivity index (χ1n) is 15.3. The van der Waals surface area contributed by atoms with Gasteiger partial charge in [-0.1, -0.05) is 35.5 Å². The van der Waals surface area contributed by atoms with E-state index in [0.717, 1.165) is 49.7 Å². The molecule has 0 unspecified atom stereocenters. The van der Waals surface area contributed by atoms with E-state index in [1.54, 1.807) is 31.0 Å². The Morgan fingerprint density at radius 2 is 1.68 bits per heavy atom. The molecule has 12 nitrogen and oxygen atoms in total. The maximum absolute atomic E-state index is 12.8. The number of hydrogen-bond acceptors (Lipinski definition) is 9. The normalized spacial score (nSPS) is 12.6. The molecule has 0 fully saturated rings. The number of amides is 1. The molecular formula is C35H35N7O5. The minimum atomic E-state index is -0.528. The Bertz CT molecular complexity index is 1890. The number of ether oxygens (including phenoxy) is 2. The molecule has 2 heterocycles. The summed E-state index contributed by atoms with van der Waals surface area (Å²) in [6.07, 6.45) is 3.78. The first kappa shape index (κ1) is 31.2. The number of benzene rings is 4. The lowest BCUT2D eigenvalue weighted by Crippen LogP contribution is -2.32. The van der Waals surface area contributed by atoms with Crippen LogP contribution in [0.2, 0.25) is 0 Å². The number of methoxy groups -OCH3 is 2. The fraction of sp³-hybridized carbons (Fsp3) is 0.229. The number of non-ortho nitro benzene ring substituents is 1. The Balaban J connectivity index is 1.02. The van der Waals surface area contributed by atoms with Crippen molar-refractivity contribution in [1.29, 1.82) is 0 Å². The van der Waals surface area contributed by atoms with E-state index in [0.29, 0.717) is 23.6 Å². The molecule has 2 N–H and O–H groups in total. The van der Waals surface area contributed by atoms with Gasteiger partial charge in [0.1, 0.15) is 5.69 Å². The second-order valence-corrected chi connectivity index (χ2v) is 11.2. The Labute approximate surface area is 272 Å². The highest BCUT2D eigenvalue weighted by atomic mass is 16.6. The number of anilines is 2. The van der Waals surface area contributed by atoms with Crippen molar-refractivity contribution in [3.63, 3.8) is 0 Å². The monoisotopic (exact) mass is 633 g/mol. The predicted octanol–water partition coefficient (Wildman–Crippen LogP) is 5.66. The molecule has 5 aromatic rings. The summed E-state index contributed by atoms with van der Waals surface area (Å²) in [6, 6.07) is 25.4. The van der Waals surface area contributed by atoms with Crippen LogP contribution in [0.1, 0.15) is 32.7 Å². The summed E-state index contributed by atoms with van der Waals surface area (Å²) in [4.78, 5) is 25.9. The van der Waals surface area contributed by atoms with Crippen molar-refractivity contribution in [1.82, 2.24) is 19.9 Å². The minimum Gasteiger partial charge on any atom is -0.493 e. The molecule has 4 aromatic carbocycles. The van der Waals surface area contributed by atoms with E-state index in [1.807, 2.05) is 30.5 Å². The summed E-state index contributed by atoms with van der Waals surface area (Å²) in [5.74, 6) is 1.10. The number of nitro groups is 1. The average molecular weight is 634 g/mol. The molecule has 0 saturated carbocycles. The van der Waals surface area contributed by atoms with Gasteiger partial charge in [-0.15, -0.1) is 5.10 Å². The van der Waals surface area contributed by atoms with Gasteiger partial charge in [0.25, 0.3) is 11.6 Å². The summed E-state index contributed by atoms with van der Waals surface area (Å²) < 4.78 is 12.7. The number of hydrogen-bond donors (Lipinski definition) is 2. The number of nitro benzene ring substituents is 1. The van der Waals surface area contributed by atoms with Crippen LogP contribution in [-0.4, -0.2) is 58.0 Å². The largest absolute Gasteiger partial charge is 0.493 e. The first-order valence-corrected chi connectivity index (χ1v) is 15.3. The van der Waals surface area contributed by atoms with Gasteiger partial charge in [0, 0.05) is 37.3 Å². The Morgan fingerprint density at radius 1 is 0.936 bits per heavy atom. The zero-order valence-corrected chi connectivity index (χ0v) is 26.2. The molecule has 47 heavy (non-hydrogen) atoms. The van der Waals surface area contributed by atoms with E-state index in [-0.39, 0.29) is 11.3 Å². The fourth-order valence-electron chi connectivity index (χ4n) is 5.63. The molecule has 0 saturated heterocycles. The second-order valence-electron chi connectivity index (χ2n) is 11.2. The van der Waals surface area contributed by atoms with E-state index in [2.05, 4.69) is 50.1 Å². The van der Waals surface area contributed by atoms with Gasteiger partial charge in [-0.25, -0.2) is 4.68 Å². The van der Waals surface area contributed by atoms with Crippen LogP contribution in [-0.2, 0) is 25.9 Å². The number of nitrogens with one attached hydrogen (secondary N) is 2. The van der Waals surface area contributed by atoms with Crippen molar-refractivity contribution in [2.75, 3.05) is 37.9 Å². The van der Waals surface area contributed by atoms with E-state index >= 15 is 0 Å². The molecule has 0 bridgehead atoms.